The van der Waals surface area contributed by atoms with E-state index in [4.69, 9.17) is 5.26 Å². The molecule has 4 heterocycles. The summed E-state index contributed by atoms with van der Waals surface area (Å²) in [5.74, 6) is 2.42. The first-order chi connectivity index (χ1) is 25.4. The summed E-state index contributed by atoms with van der Waals surface area (Å²) >= 11 is 6.89. The maximum atomic E-state index is 13.2. The Labute approximate surface area is 318 Å². The van der Waals surface area contributed by atoms with E-state index in [9.17, 15) is 14.7 Å². The standard InChI is InChI=1S/C19H15BrN6O.C18H16BrN5O2/c1-24(2)18-22-23-19-25(11-13-5-3-12(10-21)4-6-13)17(27)15-9-14(20)7-8-16(15)26(18)19;1-22(2)17-20-21-18-23(10-11-3-6-13(25)7-4-11)16(26)14-9-12(19)5-8-15(14)24(17)18/h3-9H,11H2,1-2H3;3-9,25H,10H2,1-2H3. The molecule has 0 saturated heterocycles. The summed E-state index contributed by atoms with van der Waals surface area (Å²) in [6.07, 6.45) is 0. The van der Waals surface area contributed by atoms with Crippen LogP contribution in [0.4, 0.5) is 11.9 Å². The van der Waals surface area contributed by atoms with Gasteiger partial charge in [0.2, 0.25) is 23.5 Å². The fourth-order valence-electron chi connectivity index (χ4n) is 6.05. The molecule has 4 aromatic carbocycles. The van der Waals surface area contributed by atoms with Gasteiger partial charge in [0.1, 0.15) is 5.75 Å². The van der Waals surface area contributed by atoms with Crippen LogP contribution in [0.3, 0.4) is 0 Å². The maximum absolute atomic E-state index is 13.2. The Morgan fingerprint density at radius 3 is 1.45 bits per heavy atom. The molecule has 53 heavy (non-hydrogen) atoms. The minimum atomic E-state index is -0.139. The van der Waals surface area contributed by atoms with Gasteiger partial charge in [-0.3, -0.25) is 18.7 Å². The van der Waals surface area contributed by atoms with Crippen LogP contribution >= 0.6 is 31.9 Å². The van der Waals surface area contributed by atoms with Crippen molar-refractivity contribution in [3.8, 4) is 11.8 Å². The topological polar surface area (TPSA) is 155 Å². The molecule has 0 spiro atoms. The van der Waals surface area contributed by atoms with E-state index in [0.29, 0.717) is 52.9 Å². The Bertz CT molecular complexity index is 2830. The molecule has 1 N–H and O–H groups in total. The zero-order valence-corrected chi connectivity index (χ0v) is 32.1. The highest BCUT2D eigenvalue weighted by atomic mass is 79.9. The predicted octanol–water partition coefficient (Wildman–Crippen LogP) is 5.42. The first-order valence-electron chi connectivity index (χ1n) is 16.2. The van der Waals surface area contributed by atoms with Gasteiger partial charge in [0, 0.05) is 37.1 Å². The molecule has 8 rings (SSSR count). The molecular formula is C37H31Br2N11O3. The quantitative estimate of drug-likeness (QED) is 0.230. The van der Waals surface area contributed by atoms with Crippen LogP contribution in [0.5, 0.6) is 5.75 Å². The molecule has 266 valence electrons. The van der Waals surface area contributed by atoms with Gasteiger partial charge in [0.25, 0.3) is 11.1 Å². The van der Waals surface area contributed by atoms with E-state index >= 15 is 0 Å². The molecule has 0 unspecified atom stereocenters. The van der Waals surface area contributed by atoms with E-state index in [-0.39, 0.29) is 16.9 Å². The maximum Gasteiger partial charge on any atom is 0.263 e. The molecule has 0 fully saturated rings. The number of halogens is 2. The van der Waals surface area contributed by atoms with Gasteiger partial charge in [-0.05, 0) is 71.8 Å². The van der Waals surface area contributed by atoms with E-state index in [0.717, 1.165) is 31.1 Å². The van der Waals surface area contributed by atoms with Crippen molar-refractivity contribution in [3.05, 3.63) is 131 Å². The van der Waals surface area contributed by atoms with Crippen molar-refractivity contribution in [2.75, 3.05) is 38.0 Å². The molecule has 16 heteroatoms. The van der Waals surface area contributed by atoms with Crippen molar-refractivity contribution >= 4 is 77.1 Å². The third-order valence-electron chi connectivity index (χ3n) is 8.59. The monoisotopic (exact) mass is 835 g/mol. The highest BCUT2D eigenvalue weighted by Crippen LogP contribution is 2.24. The summed E-state index contributed by atoms with van der Waals surface area (Å²) in [6, 6.07) is 27.2. The number of anilines is 2. The van der Waals surface area contributed by atoms with Crippen LogP contribution in [0.2, 0.25) is 0 Å². The molecule has 4 aromatic heterocycles. The number of hydrogen-bond acceptors (Lipinski definition) is 10. The Balaban J connectivity index is 0.000000164. The van der Waals surface area contributed by atoms with Crippen LogP contribution in [0, 0.1) is 11.3 Å². The van der Waals surface area contributed by atoms with Crippen molar-refractivity contribution in [2.45, 2.75) is 13.1 Å². The molecule has 0 amide bonds. The van der Waals surface area contributed by atoms with E-state index < -0.39 is 0 Å². The van der Waals surface area contributed by atoms with Gasteiger partial charge in [0.15, 0.2) is 0 Å². The van der Waals surface area contributed by atoms with Gasteiger partial charge in [-0.15, -0.1) is 20.4 Å². The average molecular weight is 838 g/mol. The fraction of sp³-hybridized carbons (Fsp3) is 0.162. The molecular weight excluding hydrogens is 806 g/mol. The minimum absolute atomic E-state index is 0.138. The van der Waals surface area contributed by atoms with Crippen molar-refractivity contribution < 1.29 is 5.11 Å². The third kappa shape index (κ3) is 6.60. The smallest absolute Gasteiger partial charge is 0.263 e. The highest BCUT2D eigenvalue weighted by molar-refractivity contribution is 9.10. The number of phenols is 1. The zero-order valence-electron chi connectivity index (χ0n) is 28.9. The van der Waals surface area contributed by atoms with Gasteiger partial charge in [-0.25, -0.2) is 8.80 Å². The lowest BCUT2D eigenvalue weighted by molar-refractivity contribution is 0.475. The number of hydrogen-bond donors (Lipinski definition) is 1. The number of benzene rings is 4. The van der Waals surface area contributed by atoms with E-state index in [2.05, 4.69) is 58.3 Å². The van der Waals surface area contributed by atoms with Gasteiger partial charge >= 0.3 is 0 Å². The Morgan fingerprint density at radius 1 is 0.642 bits per heavy atom. The fourth-order valence-corrected chi connectivity index (χ4v) is 6.78. The SMILES string of the molecule is CN(C)c1nnc2n(Cc3ccc(C#N)cc3)c(=O)c3cc(Br)ccc3n12.CN(C)c1nnc2n(Cc3ccc(O)cc3)c(=O)c3cc(Br)ccc3n12. The Kier molecular flexibility index (Phi) is 9.45. The van der Waals surface area contributed by atoms with Gasteiger partial charge in [-0.1, -0.05) is 56.1 Å². The molecule has 14 nitrogen and oxygen atoms in total. The third-order valence-corrected chi connectivity index (χ3v) is 9.58. The molecule has 0 bridgehead atoms. The molecule has 0 radical (unpaired) electrons. The predicted molar refractivity (Wildman–Crippen MR) is 211 cm³/mol. The number of nitrogens with zero attached hydrogens (tertiary/aromatic N) is 11. The van der Waals surface area contributed by atoms with E-state index in [1.165, 1.54) is 0 Å². The van der Waals surface area contributed by atoms with Crippen LogP contribution in [0.1, 0.15) is 16.7 Å². The average Bonchev–Trinajstić information content (AvgIpc) is 3.80. The summed E-state index contributed by atoms with van der Waals surface area (Å²) in [4.78, 5) is 30.1. The number of aromatic hydroxyl groups is 1. The second-order valence-corrected chi connectivity index (χ2v) is 14.5. The molecule has 0 aliphatic rings. The summed E-state index contributed by atoms with van der Waals surface area (Å²) in [6.45, 7) is 0.665. The molecule has 0 atom stereocenters. The highest BCUT2D eigenvalue weighted by Gasteiger charge is 2.20. The molecule has 0 saturated carbocycles. The number of fused-ring (bicyclic) bond motifs is 6. The van der Waals surface area contributed by atoms with Crippen LogP contribution in [0.15, 0.2) is 103 Å². The summed E-state index contributed by atoms with van der Waals surface area (Å²) < 4.78 is 8.63. The number of rotatable bonds is 6. The van der Waals surface area contributed by atoms with Crippen LogP contribution in [0.25, 0.3) is 33.4 Å². The lowest BCUT2D eigenvalue weighted by atomic mass is 10.1. The van der Waals surface area contributed by atoms with Crippen molar-refractivity contribution in [1.82, 2.24) is 38.3 Å². The van der Waals surface area contributed by atoms with Crippen molar-refractivity contribution in [2.24, 2.45) is 0 Å². The normalized spacial score (nSPS) is 11.2. The van der Waals surface area contributed by atoms with Crippen molar-refractivity contribution in [1.29, 1.82) is 5.26 Å². The first-order valence-corrected chi connectivity index (χ1v) is 17.8. The lowest BCUT2D eigenvalue weighted by Crippen LogP contribution is -2.24. The molecule has 0 aliphatic carbocycles. The Hall–Kier alpha value is -6.05. The Morgan fingerprint density at radius 2 is 1.06 bits per heavy atom. The second kappa shape index (κ2) is 14.2. The molecule has 0 aliphatic heterocycles. The van der Waals surface area contributed by atoms with Gasteiger partial charge < -0.3 is 14.9 Å². The van der Waals surface area contributed by atoms with E-state index in [1.807, 2.05) is 95.3 Å². The van der Waals surface area contributed by atoms with E-state index in [1.54, 1.807) is 45.5 Å². The zero-order chi connectivity index (χ0) is 37.6. The van der Waals surface area contributed by atoms with Gasteiger partial charge in [-0.2, -0.15) is 5.26 Å². The first kappa shape index (κ1) is 35.4. The largest absolute Gasteiger partial charge is 0.508 e. The van der Waals surface area contributed by atoms with Crippen LogP contribution < -0.4 is 20.9 Å². The number of phenolic OH excluding ortho intramolecular Hbond substituents is 1. The number of nitriles is 1. The number of aromatic nitrogens is 8. The summed E-state index contributed by atoms with van der Waals surface area (Å²) in [7, 11) is 7.54. The van der Waals surface area contributed by atoms with Crippen LogP contribution in [-0.2, 0) is 13.1 Å². The van der Waals surface area contributed by atoms with Crippen LogP contribution in [-0.4, -0.2) is 71.6 Å². The minimum Gasteiger partial charge on any atom is -0.508 e. The van der Waals surface area contributed by atoms with Gasteiger partial charge in [0.05, 0.1) is 46.5 Å². The summed E-state index contributed by atoms with van der Waals surface area (Å²) in [5, 5.41) is 36.6. The lowest BCUT2D eigenvalue weighted by Gasteiger charge is -2.14. The van der Waals surface area contributed by atoms with Crippen molar-refractivity contribution in [3.63, 3.8) is 0 Å². The molecule has 8 aromatic rings. The second-order valence-electron chi connectivity index (χ2n) is 12.6. The summed E-state index contributed by atoms with van der Waals surface area (Å²) in [5.41, 5.74) is 3.60.